The Kier molecular flexibility index (Phi) is 4.64. The second-order valence-electron chi connectivity index (χ2n) is 4.27. The molecule has 6 nitrogen and oxygen atoms in total. The minimum absolute atomic E-state index is 0.0813. The van der Waals surface area contributed by atoms with Crippen LogP contribution in [0.2, 0.25) is 0 Å². The van der Waals surface area contributed by atoms with E-state index in [1.165, 1.54) is 18.3 Å². The minimum Gasteiger partial charge on any atom is -0.494 e. The first kappa shape index (κ1) is 15.9. The fourth-order valence-corrected chi connectivity index (χ4v) is 3.98. The number of ether oxygens (including phenoxy) is 1. The van der Waals surface area contributed by atoms with E-state index in [0.717, 1.165) is 10.4 Å². The molecule has 0 saturated carbocycles. The summed E-state index contributed by atoms with van der Waals surface area (Å²) in [6.45, 7) is 3.90. The van der Waals surface area contributed by atoms with Gasteiger partial charge in [0.05, 0.1) is 21.8 Å². The highest BCUT2D eigenvalue weighted by molar-refractivity contribution is 7.95. The summed E-state index contributed by atoms with van der Waals surface area (Å²) in [5, 5.41) is -0.680. The lowest BCUT2D eigenvalue weighted by Gasteiger charge is -2.10. The summed E-state index contributed by atoms with van der Waals surface area (Å²) in [6.07, 6.45) is 0. The van der Waals surface area contributed by atoms with Crippen LogP contribution in [0.3, 0.4) is 0 Å². The first-order chi connectivity index (χ1) is 9.83. The lowest BCUT2D eigenvalue weighted by molar-refractivity contribution is 0.341. The van der Waals surface area contributed by atoms with Crippen LogP contribution in [-0.4, -0.2) is 30.2 Å². The second-order valence-corrected chi connectivity index (χ2v) is 7.78. The van der Waals surface area contributed by atoms with Crippen molar-refractivity contribution in [2.45, 2.75) is 19.1 Å². The van der Waals surface area contributed by atoms with Gasteiger partial charge in [-0.3, -0.25) is 4.72 Å². The van der Waals surface area contributed by atoms with Gasteiger partial charge in [-0.15, -0.1) is 0 Å². The Morgan fingerprint density at radius 2 is 2.29 bits per heavy atom. The highest BCUT2D eigenvalue weighted by Crippen LogP contribution is 2.30. The molecule has 0 spiro atoms. The van der Waals surface area contributed by atoms with Gasteiger partial charge in [0.1, 0.15) is 11.0 Å². The number of sulfonamides is 1. The molecule has 1 atom stereocenters. The molecule has 0 saturated heterocycles. The summed E-state index contributed by atoms with van der Waals surface area (Å²) in [5.74, 6) is 0.722. The highest BCUT2D eigenvalue weighted by Gasteiger charge is 2.24. The zero-order chi connectivity index (χ0) is 15.6. The van der Waals surface area contributed by atoms with Crippen molar-refractivity contribution in [1.82, 2.24) is 4.98 Å². The molecule has 1 aromatic heterocycles. The molecule has 114 valence electrons. The number of rotatable bonds is 6. The zero-order valence-corrected chi connectivity index (χ0v) is 13.9. The third-order valence-electron chi connectivity index (χ3n) is 2.77. The first-order valence-electron chi connectivity index (χ1n) is 6.18. The van der Waals surface area contributed by atoms with E-state index in [9.17, 15) is 8.42 Å². The van der Waals surface area contributed by atoms with Gasteiger partial charge in [-0.1, -0.05) is 23.6 Å². The number of nitrogens with zero attached hydrogens (tertiary/aromatic N) is 1. The molecule has 1 unspecified atom stereocenters. The molecular formula is C12H15N3O3S3. The predicted molar refractivity (Wildman–Crippen MR) is 89.6 cm³/mol. The van der Waals surface area contributed by atoms with Crippen molar-refractivity contribution in [1.29, 1.82) is 0 Å². The first-order valence-corrected chi connectivity index (χ1v) is 8.95. The number of nitrogens with one attached hydrogen (secondary N) is 1. The van der Waals surface area contributed by atoms with Gasteiger partial charge in [0.2, 0.25) is 10.0 Å². The number of hydrogen-bond acceptors (Lipinski definition) is 6. The highest BCUT2D eigenvalue weighted by atomic mass is 32.2. The van der Waals surface area contributed by atoms with Crippen LogP contribution in [-0.2, 0) is 10.0 Å². The molecule has 0 aliphatic rings. The number of benzene rings is 1. The van der Waals surface area contributed by atoms with E-state index in [1.54, 1.807) is 12.1 Å². The molecule has 0 radical (unpaired) electrons. The molecule has 0 fully saturated rings. The van der Waals surface area contributed by atoms with Crippen molar-refractivity contribution >= 4 is 53.9 Å². The fraction of sp³-hybridized carbons (Fsp3) is 0.333. The van der Waals surface area contributed by atoms with Crippen molar-refractivity contribution in [3.63, 3.8) is 0 Å². The molecule has 9 heteroatoms. The van der Waals surface area contributed by atoms with Gasteiger partial charge in [0.25, 0.3) is 0 Å². The molecule has 0 bridgehead atoms. The van der Waals surface area contributed by atoms with Gasteiger partial charge >= 0.3 is 0 Å². The number of aromatic nitrogens is 1. The van der Waals surface area contributed by atoms with Crippen LogP contribution in [0.5, 0.6) is 5.75 Å². The Bertz CT molecular complexity index is 770. The van der Waals surface area contributed by atoms with Crippen molar-refractivity contribution in [3.05, 3.63) is 18.2 Å². The summed E-state index contributed by atoms with van der Waals surface area (Å²) in [5.41, 5.74) is 6.08. The Morgan fingerprint density at radius 1 is 1.57 bits per heavy atom. The molecule has 0 aliphatic heterocycles. The normalized spacial score (nSPS) is 13.0. The molecule has 1 heterocycles. The van der Waals surface area contributed by atoms with Crippen LogP contribution in [0.1, 0.15) is 13.8 Å². The average Bonchev–Trinajstić information content (AvgIpc) is 2.78. The number of hydrogen-bond donors (Lipinski definition) is 2. The summed E-state index contributed by atoms with van der Waals surface area (Å²) in [7, 11) is -3.68. The summed E-state index contributed by atoms with van der Waals surface area (Å²) in [4.78, 5) is 4.15. The Hall–Kier alpha value is -1.45. The van der Waals surface area contributed by atoms with Crippen molar-refractivity contribution in [2.75, 3.05) is 11.3 Å². The molecule has 2 rings (SSSR count). The van der Waals surface area contributed by atoms with Gasteiger partial charge in [-0.05, 0) is 32.0 Å². The van der Waals surface area contributed by atoms with E-state index in [0.29, 0.717) is 12.1 Å². The van der Waals surface area contributed by atoms with Crippen LogP contribution in [0, 0.1) is 0 Å². The summed E-state index contributed by atoms with van der Waals surface area (Å²) >= 11 is 5.95. The third kappa shape index (κ3) is 3.60. The largest absolute Gasteiger partial charge is 0.494 e. The van der Waals surface area contributed by atoms with Gasteiger partial charge in [-0.2, -0.15) is 0 Å². The van der Waals surface area contributed by atoms with Gasteiger partial charge in [0, 0.05) is 0 Å². The maximum atomic E-state index is 12.1. The van der Waals surface area contributed by atoms with Crippen LogP contribution in [0.4, 0.5) is 5.13 Å². The molecule has 21 heavy (non-hydrogen) atoms. The maximum Gasteiger partial charge on any atom is 0.243 e. The monoisotopic (exact) mass is 345 g/mol. The van der Waals surface area contributed by atoms with E-state index in [4.69, 9.17) is 22.7 Å². The van der Waals surface area contributed by atoms with Gasteiger partial charge < -0.3 is 10.5 Å². The molecule has 3 N–H and O–H groups in total. The second kappa shape index (κ2) is 6.12. The summed E-state index contributed by atoms with van der Waals surface area (Å²) in [6, 6.07) is 5.40. The molecule has 2 aromatic rings. The van der Waals surface area contributed by atoms with Crippen LogP contribution in [0.15, 0.2) is 18.2 Å². The van der Waals surface area contributed by atoms with Crippen molar-refractivity contribution < 1.29 is 13.2 Å². The Morgan fingerprint density at radius 3 is 2.90 bits per heavy atom. The minimum atomic E-state index is -3.68. The quantitative estimate of drug-likeness (QED) is 0.779. The van der Waals surface area contributed by atoms with Gasteiger partial charge in [0.15, 0.2) is 5.13 Å². The Balaban J connectivity index is 2.29. The summed E-state index contributed by atoms with van der Waals surface area (Å²) < 4.78 is 32.7. The molecule has 0 aliphatic carbocycles. The smallest absolute Gasteiger partial charge is 0.243 e. The zero-order valence-electron chi connectivity index (χ0n) is 11.5. The standard InChI is InChI=1S/C12H15N3O3S3/c1-3-18-8-4-5-9-10(6-8)20-12(14-9)15-21(16,17)7(2)11(13)19/h4-7H,3H2,1-2H3,(H2,13,19)(H,14,15). The van der Waals surface area contributed by atoms with E-state index < -0.39 is 15.3 Å². The van der Waals surface area contributed by atoms with Crippen LogP contribution in [0.25, 0.3) is 10.2 Å². The van der Waals surface area contributed by atoms with Gasteiger partial charge in [-0.25, -0.2) is 13.4 Å². The lowest BCUT2D eigenvalue weighted by Crippen LogP contribution is -2.35. The van der Waals surface area contributed by atoms with E-state index in [2.05, 4.69) is 9.71 Å². The van der Waals surface area contributed by atoms with E-state index >= 15 is 0 Å². The third-order valence-corrected chi connectivity index (χ3v) is 5.99. The number of anilines is 1. The SMILES string of the molecule is CCOc1ccc2nc(NS(=O)(=O)C(C)C(N)=S)sc2c1. The van der Waals surface area contributed by atoms with Crippen molar-refractivity contribution in [2.24, 2.45) is 5.73 Å². The van der Waals surface area contributed by atoms with Crippen LogP contribution < -0.4 is 15.2 Å². The predicted octanol–water partition coefficient (Wildman–Crippen LogP) is 2.11. The molecule has 1 aromatic carbocycles. The number of thiocarbonyl (C=S) groups is 1. The maximum absolute atomic E-state index is 12.1. The van der Waals surface area contributed by atoms with Crippen molar-refractivity contribution in [3.8, 4) is 5.75 Å². The molecule has 0 amide bonds. The Labute approximate surface area is 132 Å². The van der Waals surface area contributed by atoms with E-state index in [-0.39, 0.29) is 10.1 Å². The number of thiazole rings is 1. The average molecular weight is 345 g/mol. The fourth-order valence-electron chi connectivity index (χ4n) is 1.57. The lowest BCUT2D eigenvalue weighted by atomic mass is 10.3. The molecular weight excluding hydrogens is 330 g/mol. The van der Waals surface area contributed by atoms with E-state index in [1.807, 2.05) is 13.0 Å². The van der Waals surface area contributed by atoms with Crippen LogP contribution >= 0.6 is 23.6 Å². The topological polar surface area (TPSA) is 94.3 Å². The number of fused-ring (bicyclic) bond motifs is 1. The number of nitrogens with two attached hydrogens (primary N) is 1.